The van der Waals surface area contributed by atoms with Crippen molar-refractivity contribution in [2.24, 2.45) is 11.3 Å². The van der Waals surface area contributed by atoms with Crippen LogP contribution in [-0.4, -0.2) is 63.3 Å². The van der Waals surface area contributed by atoms with Crippen LogP contribution in [0.2, 0.25) is 0 Å². The Labute approximate surface area is 158 Å². The Balaban J connectivity index is 0.00000144. The van der Waals surface area contributed by atoms with Crippen LogP contribution in [-0.2, 0) is 9.53 Å². The molecule has 1 amide bonds. The molecular weight excluding hydrogens is 349 g/mol. The summed E-state index contributed by atoms with van der Waals surface area (Å²) in [4.78, 5) is 15.0. The molecule has 1 spiro atoms. The van der Waals surface area contributed by atoms with Crippen LogP contribution < -0.4 is 10.6 Å². The number of hydrogen-bond donors (Lipinski definition) is 2. The SMILES string of the molecule is COCCCN1CCC(NC(=O)C2CC23CCNCC3)CC1.Cl.Cl. The summed E-state index contributed by atoms with van der Waals surface area (Å²) in [5, 5.41) is 6.73. The fourth-order valence-electron chi connectivity index (χ4n) is 4.23. The number of hydrogen-bond acceptors (Lipinski definition) is 4. The quantitative estimate of drug-likeness (QED) is 0.689. The van der Waals surface area contributed by atoms with Crippen molar-refractivity contribution in [2.75, 3.05) is 46.4 Å². The van der Waals surface area contributed by atoms with E-state index in [0.717, 1.165) is 65.0 Å². The summed E-state index contributed by atoms with van der Waals surface area (Å²) in [6.07, 6.45) is 6.79. The summed E-state index contributed by atoms with van der Waals surface area (Å²) in [7, 11) is 1.76. The van der Waals surface area contributed by atoms with Crippen LogP contribution in [0.4, 0.5) is 0 Å². The van der Waals surface area contributed by atoms with Gasteiger partial charge in [0, 0.05) is 45.3 Å². The first kappa shape index (κ1) is 22.0. The Morgan fingerprint density at radius 2 is 1.92 bits per heavy atom. The lowest BCUT2D eigenvalue weighted by molar-refractivity contribution is -0.124. The molecule has 0 aromatic heterocycles. The van der Waals surface area contributed by atoms with E-state index in [4.69, 9.17) is 4.74 Å². The molecule has 0 aromatic rings. The number of ether oxygens (including phenoxy) is 1. The van der Waals surface area contributed by atoms with E-state index < -0.39 is 0 Å². The molecule has 1 saturated carbocycles. The van der Waals surface area contributed by atoms with Crippen molar-refractivity contribution in [1.82, 2.24) is 15.5 Å². The van der Waals surface area contributed by atoms with Crippen LogP contribution in [0.25, 0.3) is 0 Å². The summed E-state index contributed by atoms with van der Waals surface area (Å²) in [6.45, 7) is 6.35. The molecule has 5 nitrogen and oxygen atoms in total. The van der Waals surface area contributed by atoms with Gasteiger partial charge in [0.25, 0.3) is 0 Å². The lowest BCUT2D eigenvalue weighted by atomic mass is 9.91. The number of carbonyl (C=O) groups is 1. The zero-order chi connectivity index (χ0) is 15.4. The van der Waals surface area contributed by atoms with Gasteiger partial charge in [-0.2, -0.15) is 0 Å². The number of nitrogens with zero attached hydrogens (tertiary/aromatic N) is 1. The highest BCUT2D eigenvalue weighted by atomic mass is 35.5. The van der Waals surface area contributed by atoms with Gasteiger partial charge in [0.1, 0.15) is 0 Å². The smallest absolute Gasteiger partial charge is 0.223 e. The summed E-state index contributed by atoms with van der Waals surface area (Å²) >= 11 is 0. The second-order valence-electron chi connectivity index (χ2n) is 7.34. The molecule has 2 heterocycles. The third kappa shape index (κ3) is 5.46. The molecule has 1 aliphatic carbocycles. The topological polar surface area (TPSA) is 53.6 Å². The van der Waals surface area contributed by atoms with E-state index in [1.807, 2.05) is 0 Å². The number of rotatable bonds is 6. The van der Waals surface area contributed by atoms with Crippen molar-refractivity contribution >= 4 is 30.7 Å². The van der Waals surface area contributed by atoms with Gasteiger partial charge in [-0.15, -0.1) is 24.8 Å². The first-order chi connectivity index (χ1) is 10.7. The zero-order valence-electron chi connectivity index (χ0n) is 14.7. The molecule has 2 N–H and O–H groups in total. The lowest BCUT2D eigenvalue weighted by Crippen LogP contribution is -2.46. The molecule has 3 fully saturated rings. The van der Waals surface area contributed by atoms with Gasteiger partial charge in [-0.1, -0.05) is 0 Å². The van der Waals surface area contributed by atoms with Crippen molar-refractivity contribution in [3.05, 3.63) is 0 Å². The molecular formula is C17H33Cl2N3O2. The van der Waals surface area contributed by atoms with Gasteiger partial charge in [0.05, 0.1) is 0 Å². The minimum Gasteiger partial charge on any atom is -0.385 e. The van der Waals surface area contributed by atoms with Gasteiger partial charge in [0.15, 0.2) is 0 Å². The molecule has 0 aromatic carbocycles. The van der Waals surface area contributed by atoms with Gasteiger partial charge >= 0.3 is 0 Å². The fraction of sp³-hybridized carbons (Fsp3) is 0.941. The van der Waals surface area contributed by atoms with Crippen LogP contribution in [0.3, 0.4) is 0 Å². The molecule has 3 aliphatic rings. The molecule has 1 unspecified atom stereocenters. The van der Waals surface area contributed by atoms with E-state index in [9.17, 15) is 4.79 Å². The normalized spacial score (nSPS) is 26.3. The van der Waals surface area contributed by atoms with Crippen molar-refractivity contribution in [3.8, 4) is 0 Å². The van der Waals surface area contributed by atoms with Crippen molar-refractivity contribution < 1.29 is 9.53 Å². The van der Waals surface area contributed by atoms with Crippen LogP contribution in [0, 0.1) is 11.3 Å². The first-order valence-electron chi connectivity index (χ1n) is 8.96. The molecule has 3 rings (SSSR count). The summed E-state index contributed by atoms with van der Waals surface area (Å²) < 4.78 is 5.11. The second kappa shape index (κ2) is 10.2. The maximum atomic E-state index is 12.5. The number of nitrogens with one attached hydrogen (secondary N) is 2. The average molecular weight is 382 g/mol. The molecule has 24 heavy (non-hydrogen) atoms. The number of methoxy groups -OCH3 is 1. The Morgan fingerprint density at radius 1 is 1.25 bits per heavy atom. The fourth-order valence-corrected chi connectivity index (χ4v) is 4.23. The Morgan fingerprint density at radius 3 is 2.54 bits per heavy atom. The van der Waals surface area contributed by atoms with Gasteiger partial charge in [0.2, 0.25) is 5.91 Å². The molecule has 2 saturated heterocycles. The summed E-state index contributed by atoms with van der Waals surface area (Å²) in [5.74, 6) is 0.633. The van der Waals surface area contributed by atoms with Crippen molar-refractivity contribution in [3.63, 3.8) is 0 Å². The van der Waals surface area contributed by atoms with Gasteiger partial charge in [-0.05, 0) is 57.0 Å². The van der Waals surface area contributed by atoms with Crippen LogP contribution in [0.15, 0.2) is 0 Å². The zero-order valence-corrected chi connectivity index (χ0v) is 16.4. The summed E-state index contributed by atoms with van der Waals surface area (Å²) in [6, 6.07) is 0.394. The number of piperidine rings is 2. The van der Waals surface area contributed by atoms with E-state index in [1.54, 1.807) is 7.11 Å². The lowest BCUT2D eigenvalue weighted by Gasteiger charge is -2.32. The van der Waals surface area contributed by atoms with E-state index in [0.29, 0.717) is 23.3 Å². The predicted octanol–water partition coefficient (Wildman–Crippen LogP) is 1.84. The minimum atomic E-state index is 0. The highest BCUT2D eigenvalue weighted by Gasteiger charge is 2.57. The van der Waals surface area contributed by atoms with E-state index >= 15 is 0 Å². The van der Waals surface area contributed by atoms with E-state index in [2.05, 4.69) is 15.5 Å². The van der Waals surface area contributed by atoms with Crippen LogP contribution >= 0.6 is 24.8 Å². The van der Waals surface area contributed by atoms with Gasteiger partial charge in [-0.25, -0.2) is 0 Å². The van der Waals surface area contributed by atoms with Crippen molar-refractivity contribution in [2.45, 2.75) is 44.6 Å². The van der Waals surface area contributed by atoms with E-state index in [-0.39, 0.29) is 24.8 Å². The molecule has 7 heteroatoms. The standard InChI is InChI=1S/C17H31N3O2.2ClH/c1-22-12-2-9-20-10-3-14(4-11-20)19-16(21)15-13-17(15)5-7-18-8-6-17;;/h14-15,18H,2-13H2,1H3,(H,19,21);2*1H. The van der Waals surface area contributed by atoms with Crippen molar-refractivity contribution in [1.29, 1.82) is 0 Å². The maximum absolute atomic E-state index is 12.5. The molecule has 142 valence electrons. The number of halogens is 2. The summed E-state index contributed by atoms with van der Waals surface area (Å²) in [5.41, 5.74) is 0.357. The average Bonchev–Trinajstić information content (AvgIpc) is 3.23. The molecule has 0 bridgehead atoms. The molecule has 1 atom stereocenters. The minimum absolute atomic E-state index is 0. The Hall–Kier alpha value is -0.0700. The van der Waals surface area contributed by atoms with Gasteiger partial charge < -0.3 is 20.3 Å². The number of amides is 1. The monoisotopic (exact) mass is 381 g/mol. The Kier molecular flexibility index (Phi) is 9.31. The maximum Gasteiger partial charge on any atom is 0.223 e. The second-order valence-corrected chi connectivity index (χ2v) is 7.34. The third-order valence-corrected chi connectivity index (χ3v) is 5.86. The third-order valence-electron chi connectivity index (χ3n) is 5.86. The van der Waals surface area contributed by atoms with E-state index in [1.165, 1.54) is 12.8 Å². The molecule has 0 radical (unpaired) electrons. The van der Waals surface area contributed by atoms with Crippen LogP contribution in [0.5, 0.6) is 0 Å². The highest BCUT2D eigenvalue weighted by Crippen LogP contribution is 2.58. The predicted molar refractivity (Wildman–Crippen MR) is 101 cm³/mol. The number of carbonyl (C=O) groups excluding carboxylic acids is 1. The Bertz CT molecular complexity index is 384. The van der Waals surface area contributed by atoms with Gasteiger partial charge in [-0.3, -0.25) is 4.79 Å². The molecule has 2 aliphatic heterocycles. The number of likely N-dealkylation sites (tertiary alicyclic amines) is 1. The highest BCUT2D eigenvalue weighted by molar-refractivity contribution is 5.85. The largest absolute Gasteiger partial charge is 0.385 e. The van der Waals surface area contributed by atoms with Crippen LogP contribution in [0.1, 0.15) is 38.5 Å². The first-order valence-corrected chi connectivity index (χ1v) is 8.96.